The molecule has 124 valence electrons. The number of nitrogens with two attached hydrogens (primary N) is 2. The largest absolute Gasteiger partial charge is 0.383 e. The zero-order chi connectivity index (χ0) is 17.4. The number of rotatable bonds is 3. The lowest BCUT2D eigenvalue weighted by Crippen LogP contribution is -2.07. The van der Waals surface area contributed by atoms with Gasteiger partial charge in [-0.3, -0.25) is 0 Å². The second-order valence-electron chi connectivity index (χ2n) is 5.28. The van der Waals surface area contributed by atoms with Gasteiger partial charge in [0, 0.05) is 16.3 Å². The summed E-state index contributed by atoms with van der Waals surface area (Å²) in [5.41, 5.74) is 12.3. The Labute approximate surface area is 146 Å². The molecule has 2 aromatic heterocycles. The Morgan fingerprint density at radius 2 is 1.60 bits per heavy atom. The van der Waals surface area contributed by atoms with Crippen LogP contribution in [0.5, 0.6) is 0 Å². The molecule has 8 heteroatoms. The van der Waals surface area contributed by atoms with Crippen molar-refractivity contribution in [2.45, 2.75) is 9.92 Å². The topological polar surface area (TPSA) is 95.6 Å². The van der Waals surface area contributed by atoms with Gasteiger partial charge < -0.3 is 11.5 Å². The first kappa shape index (κ1) is 15.4. The molecule has 0 radical (unpaired) electrons. The van der Waals surface area contributed by atoms with Crippen LogP contribution >= 0.6 is 11.8 Å². The van der Waals surface area contributed by atoms with Gasteiger partial charge in [0.1, 0.15) is 22.5 Å². The highest BCUT2D eigenvalue weighted by Gasteiger charge is 2.16. The number of hydrogen-bond donors (Lipinski definition) is 2. The average molecular weight is 352 g/mol. The summed E-state index contributed by atoms with van der Waals surface area (Å²) < 4.78 is 15.6. The SMILES string of the molecule is Nc1cc(N)nc(-n2nc(Sc3ccccc3F)c3ccccc32)n1. The van der Waals surface area contributed by atoms with Crippen molar-refractivity contribution in [2.24, 2.45) is 0 Å². The second kappa shape index (κ2) is 6.06. The highest BCUT2D eigenvalue weighted by Crippen LogP contribution is 2.34. The minimum atomic E-state index is -0.296. The lowest BCUT2D eigenvalue weighted by atomic mass is 10.2. The molecule has 0 amide bonds. The van der Waals surface area contributed by atoms with E-state index in [1.165, 1.54) is 23.9 Å². The van der Waals surface area contributed by atoms with Crippen LogP contribution in [0.25, 0.3) is 16.9 Å². The van der Waals surface area contributed by atoms with Gasteiger partial charge in [0.15, 0.2) is 0 Å². The van der Waals surface area contributed by atoms with Crippen LogP contribution in [0, 0.1) is 5.82 Å². The minimum Gasteiger partial charge on any atom is -0.383 e. The molecule has 0 saturated heterocycles. The molecule has 6 nitrogen and oxygen atoms in total. The van der Waals surface area contributed by atoms with E-state index in [9.17, 15) is 4.39 Å². The van der Waals surface area contributed by atoms with Crippen LogP contribution in [0.15, 0.2) is 64.5 Å². The maximum absolute atomic E-state index is 14.0. The molecule has 2 aromatic carbocycles. The van der Waals surface area contributed by atoms with Crippen molar-refractivity contribution < 1.29 is 4.39 Å². The smallest absolute Gasteiger partial charge is 0.255 e. The van der Waals surface area contributed by atoms with E-state index in [-0.39, 0.29) is 23.4 Å². The Hall–Kier alpha value is -3.13. The van der Waals surface area contributed by atoms with Crippen LogP contribution in [0.3, 0.4) is 0 Å². The molecule has 4 rings (SSSR count). The third kappa shape index (κ3) is 2.87. The Bertz CT molecular complexity index is 1060. The van der Waals surface area contributed by atoms with Gasteiger partial charge in [-0.1, -0.05) is 42.1 Å². The van der Waals surface area contributed by atoms with E-state index >= 15 is 0 Å². The number of para-hydroxylation sites is 1. The van der Waals surface area contributed by atoms with Crippen LogP contribution in [-0.2, 0) is 0 Å². The monoisotopic (exact) mass is 352 g/mol. The van der Waals surface area contributed by atoms with Crippen molar-refractivity contribution in [3.05, 3.63) is 60.4 Å². The number of nitrogen functional groups attached to an aromatic ring is 2. The summed E-state index contributed by atoms with van der Waals surface area (Å²) in [5, 5.41) is 6.06. The predicted octanol–water partition coefficient (Wildman–Crippen LogP) is 3.27. The first-order valence-electron chi connectivity index (χ1n) is 7.42. The summed E-state index contributed by atoms with van der Waals surface area (Å²) >= 11 is 1.24. The molecule has 4 N–H and O–H groups in total. The predicted molar refractivity (Wildman–Crippen MR) is 96.0 cm³/mol. The molecule has 0 saturated carbocycles. The maximum Gasteiger partial charge on any atom is 0.255 e. The third-order valence-corrected chi connectivity index (χ3v) is 4.59. The number of halogens is 1. The summed E-state index contributed by atoms with van der Waals surface area (Å²) in [6.07, 6.45) is 0. The van der Waals surface area contributed by atoms with Crippen molar-refractivity contribution in [3.8, 4) is 5.95 Å². The zero-order valence-corrected chi connectivity index (χ0v) is 13.7. The highest BCUT2D eigenvalue weighted by atomic mass is 32.2. The summed E-state index contributed by atoms with van der Waals surface area (Å²) in [6, 6.07) is 15.6. The quantitative estimate of drug-likeness (QED) is 0.587. The zero-order valence-electron chi connectivity index (χ0n) is 12.9. The van der Waals surface area contributed by atoms with Crippen LogP contribution in [0.2, 0.25) is 0 Å². The molecule has 0 aliphatic rings. The number of hydrogen-bond acceptors (Lipinski definition) is 6. The molecule has 0 unspecified atom stereocenters. The first-order chi connectivity index (χ1) is 12.1. The summed E-state index contributed by atoms with van der Waals surface area (Å²) in [4.78, 5) is 8.88. The lowest BCUT2D eigenvalue weighted by Gasteiger charge is -2.03. The first-order valence-corrected chi connectivity index (χ1v) is 8.24. The molecule has 0 bridgehead atoms. The van der Waals surface area contributed by atoms with Crippen LogP contribution in [-0.4, -0.2) is 19.7 Å². The summed E-state index contributed by atoms with van der Waals surface area (Å²) in [5.74, 6) is 0.487. The second-order valence-corrected chi connectivity index (χ2v) is 6.31. The molecule has 2 heterocycles. The summed E-state index contributed by atoms with van der Waals surface area (Å²) in [6.45, 7) is 0. The molecule has 0 spiro atoms. The molecule has 25 heavy (non-hydrogen) atoms. The Balaban J connectivity index is 1.88. The van der Waals surface area contributed by atoms with Crippen molar-refractivity contribution in [1.82, 2.24) is 19.7 Å². The summed E-state index contributed by atoms with van der Waals surface area (Å²) in [7, 11) is 0. The Kier molecular flexibility index (Phi) is 3.73. The van der Waals surface area contributed by atoms with Gasteiger partial charge in [0.2, 0.25) is 0 Å². The third-order valence-electron chi connectivity index (χ3n) is 3.54. The van der Waals surface area contributed by atoms with E-state index in [0.29, 0.717) is 9.92 Å². The fourth-order valence-electron chi connectivity index (χ4n) is 2.46. The van der Waals surface area contributed by atoms with Crippen molar-refractivity contribution in [2.75, 3.05) is 11.5 Å². The van der Waals surface area contributed by atoms with Crippen molar-refractivity contribution in [3.63, 3.8) is 0 Å². The molecular formula is C17H13FN6S. The average Bonchev–Trinajstić information content (AvgIpc) is 2.95. The van der Waals surface area contributed by atoms with Gasteiger partial charge in [-0.2, -0.15) is 19.7 Å². The fraction of sp³-hybridized carbons (Fsp3) is 0. The number of benzene rings is 2. The molecule has 0 fully saturated rings. The number of anilines is 2. The van der Waals surface area contributed by atoms with Crippen LogP contribution in [0.1, 0.15) is 0 Å². The van der Waals surface area contributed by atoms with Crippen molar-refractivity contribution in [1.29, 1.82) is 0 Å². The maximum atomic E-state index is 14.0. The van der Waals surface area contributed by atoms with E-state index in [2.05, 4.69) is 15.1 Å². The van der Waals surface area contributed by atoms with Gasteiger partial charge in [-0.05, 0) is 18.2 Å². The standard InChI is InChI=1S/C17H13FN6S/c18-11-6-2-4-8-13(11)25-16-10-5-1-3-7-12(10)24(23-16)17-21-14(19)9-15(20)22-17/h1-9H,(H4,19,20,21,22). The minimum absolute atomic E-state index is 0.255. The molecule has 4 aromatic rings. The Morgan fingerprint density at radius 3 is 2.36 bits per heavy atom. The van der Waals surface area contributed by atoms with Gasteiger partial charge in [-0.15, -0.1) is 0 Å². The van der Waals surface area contributed by atoms with Gasteiger partial charge >= 0.3 is 0 Å². The van der Waals surface area contributed by atoms with Crippen LogP contribution < -0.4 is 11.5 Å². The van der Waals surface area contributed by atoms with E-state index in [1.54, 1.807) is 22.9 Å². The van der Waals surface area contributed by atoms with E-state index in [0.717, 1.165) is 10.9 Å². The van der Waals surface area contributed by atoms with Gasteiger partial charge in [-0.25, -0.2) is 4.39 Å². The Morgan fingerprint density at radius 1 is 0.920 bits per heavy atom. The molecule has 0 aliphatic carbocycles. The number of fused-ring (bicyclic) bond motifs is 1. The highest BCUT2D eigenvalue weighted by molar-refractivity contribution is 7.99. The van der Waals surface area contributed by atoms with E-state index < -0.39 is 0 Å². The van der Waals surface area contributed by atoms with Gasteiger partial charge in [0.05, 0.1) is 5.52 Å². The van der Waals surface area contributed by atoms with E-state index in [1.807, 2.05) is 24.3 Å². The van der Waals surface area contributed by atoms with Crippen LogP contribution in [0.4, 0.5) is 16.0 Å². The molecule has 0 atom stereocenters. The molecule has 0 aliphatic heterocycles. The van der Waals surface area contributed by atoms with Crippen molar-refractivity contribution >= 4 is 34.3 Å². The normalized spacial score (nSPS) is 11.1. The van der Waals surface area contributed by atoms with Gasteiger partial charge in [0.25, 0.3) is 5.95 Å². The number of nitrogens with zero attached hydrogens (tertiary/aromatic N) is 4. The lowest BCUT2D eigenvalue weighted by molar-refractivity contribution is 0.602. The number of aromatic nitrogens is 4. The molecular weight excluding hydrogens is 339 g/mol. The van der Waals surface area contributed by atoms with E-state index in [4.69, 9.17) is 11.5 Å². The fourth-order valence-corrected chi connectivity index (χ4v) is 3.39.